The van der Waals surface area contributed by atoms with Crippen molar-refractivity contribution in [3.63, 3.8) is 0 Å². The molecule has 1 saturated heterocycles. The van der Waals surface area contributed by atoms with E-state index < -0.39 is 5.97 Å². The minimum Gasteiger partial charge on any atom is -0.478 e. The summed E-state index contributed by atoms with van der Waals surface area (Å²) in [6.07, 6.45) is 5.38. The van der Waals surface area contributed by atoms with Gasteiger partial charge in [0.05, 0.1) is 23.3 Å². The van der Waals surface area contributed by atoms with Crippen LogP contribution in [0.2, 0.25) is 0 Å². The zero-order chi connectivity index (χ0) is 24.5. The van der Waals surface area contributed by atoms with Crippen LogP contribution in [0.3, 0.4) is 0 Å². The molecule has 176 valence electrons. The van der Waals surface area contributed by atoms with E-state index in [2.05, 4.69) is 44.7 Å². The number of benzene rings is 1. The average Bonchev–Trinajstić information content (AvgIpc) is 3.35. The number of rotatable bonds is 6. The molecule has 2 N–H and O–H groups in total. The highest BCUT2D eigenvalue weighted by Gasteiger charge is 2.41. The van der Waals surface area contributed by atoms with Crippen molar-refractivity contribution in [3.8, 4) is 5.69 Å². The second-order valence-corrected chi connectivity index (χ2v) is 9.01. The highest BCUT2D eigenvalue weighted by molar-refractivity contribution is 7.80. The molecule has 0 saturated carbocycles. The zero-order valence-corrected chi connectivity index (χ0v) is 20.2. The lowest BCUT2D eigenvalue weighted by Crippen LogP contribution is -2.29. The van der Waals surface area contributed by atoms with E-state index in [0.29, 0.717) is 11.7 Å². The molecule has 5 rings (SSSR count). The Bertz CT molecular complexity index is 1370. The van der Waals surface area contributed by atoms with Crippen LogP contribution in [0.1, 0.15) is 50.7 Å². The third-order valence-electron chi connectivity index (χ3n) is 6.46. The molecule has 0 amide bonds. The van der Waals surface area contributed by atoms with Gasteiger partial charge in [-0.25, -0.2) is 4.79 Å². The van der Waals surface area contributed by atoms with Gasteiger partial charge in [-0.15, -0.1) is 0 Å². The van der Waals surface area contributed by atoms with Gasteiger partial charge in [0.1, 0.15) is 0 Å². The van der Waals surface area contributed by atoms with Crippen molar-refractivity contribution >= 4 is 23.3 Å². The third kappa shape index (κ3) is 4.28. The lowest BCUT2D eigenvalue weighted by atomic mass is 9.96. The lowest BCUT2D eigenvalue weighted by Gasteiger charge is -2.28. The topological polar surface area (TPSA) is 83.3 Å². The van der Waals surface area contributed by atoms with Gasteiger partial charge in [-0.05, 0) is 91.8 Å². The fourth-order valence-corrected chi connectivity index (χ4v) is 5.14. The van der Waals surface area contributed by atoms with Crippen LogP contribution in [-0.2, 0) is 6.54 Å². The molecule has 0 bridgehead atoms. The van der Waals surface area contributed by atoms with Crippen LogP contribution >= 0.6 is 12.2 Å². The Balaban J connectivity index is 1.60. The standard InChI is InChI=1S/C27H25N5O2S/c1-17-15-22(18(2)32(17)21-8-6-20(7-9-21)26(33)34)25-24(23-5-3-4-12-29-23)30-27(35)31(25)16-19-10-13-28-14-11-19/h3-15,24-25H,16H2,1-2H3,(H,30,35)(H,33,34)/t24-,25+/m1/s1. The number of aromatic carboxylic acids is 1. The number of carboxylic acid groups (broad SMARTS) is 1. The molecule has 3 aromatic heterocycles. The molecule has 0 radical (unpaired) electrons. The smallest absolute Gasteiger partial charge is 0.335 e. The number of nitrogens with one attached hydrogen (secondary N) is 1. The van der Waals surface area contributed by atoms with Crippen LogP contribution in [-0.4, -0.2) is 35.6 Å². The van der Waals surface area contributed by atoms with Crippen molar-refractivity contribution in [1.29, 1.82) is 0 Å². The summed E-state index contributed by atoms with van der Waals surface area (Å²) < 4.78 is 2.16. The number of aromatic nitrogens is 3. The highest BCUT2D eigenvalue weighted by Crippen LogP contribution is 2.42. The largest absolute Gasteiger partial charge is 0.478 e. The van der Waals surface area contributed by atoms with Gasteiger partial charge in [0.2, 0.25) is 0 Å². The first-order chi connectivity index (χ1) is 16.9. The van der Waals surface area contributed by atoms with Gasteiger partial charge < -0.3 is 19.9 Å². The number of hydrogen-bond donors (Lipinski definition) is 2. The van der Waals surface area contributed by atoms with Crippen molar-refractivity contribution in [2.75, 3.05) is 0 Å². The second kappa shape index (κ2) is 9.31. The summed E-state index contributed by atoms with van der Waals surface area (Å²) in [5.41, 5.74) is 6.49. The number of thiocarbonyl (C=S) groups is 1. The molecule has 0 aliphatic carbocycles. The van der Waals surface area contributed by atoms with Gasteiger partial charge in [0.15, 0.2) is 5.11 Å². The summed E-state index contributed by atoms with van der Waals surface area (Å²) in [6.45, 7) is 4.79. The fraction of sp³-hybridized carbons (Fsp3) is 0.185. The first-order valence-corrected chi connectivity index (χ1v) is 11.7. The van der Waals surface area contributed by atoms with Crippen molar-refractivity contribution in [2.24, 2.45) is 0 Å². The zero-order valence-electron chi connectivity index (χ0n) is 19.4. The maximum atomic E-state index is 11.3. The summed E-state index contributed by atoms with van der Waals surface area (Å²) in [7, 11) is 0. The first-order valence-electron chi connectivity index (χ1n) is 11.3. The van der Waals surface area contributed by atoms with Gasteiger partial charge in [0, 0.05) is 42.2 Å². The summed E-state index contributed by atoms with van der Waals surface area (Å²) in [4.78, 5) is 22.3. The van der Waals surface area contributed by atoms with E-state index in [9.17, 15) is 9.90 Å². The Hall–Kier alpha value is -4.04. The Morgan fingerprint density at radius 1 is 1.06 bits per heavy atom. The predicted octanol–water partition coefficient (Wildman–Crippen LogP) is 4.76. The first kappa shape index (κ1) is 22.7. The summed E-state index contributed by atoms with van der Waals surface area (Å²) in [6, 6.07) is 18.9. The lowest BCUT2D eigenvalue weighted by molar-refractivity contribution is 0.0697. The molecule has 4 aromatic rings. The van der Waals surface area contributed by atoms with E-state index in [0.717, 1.165) is 33.9 Å². The Kier molecular flexibility index (Phi) is 6.05. The van der Waals surface area contributed by atoms with Crippen LogP contribution in [0.25, 0.3) is 5.69 Å². The van der Waals surface area contributed by atoms with Crippen LogP contribution in [0.15, 0.2) is 79.3 Å². The third-order valence-corrected chi connectivity index (χ3v) is 6.81. The number of hydrogen-bond acceptors (Lipinski definition) is 4. The summed E-state index contributed by atoms with van der Waals surface area (Å²) >= 11 is 5.82. The monoisotopic (exact) mass is 483 g/mol. The molecule has 1 aromatic carbocycles. The molecule has 1 aliphatic heterocycles. The van der Waals surface area contributed by atoms with E-state index in [1.54, 1.807) is 30.7 Å². The van der Waals surface area contributed by atoms with Gasteiger partial charge in [-0.3, -0.25) is 9.97 Å². The number of carbonyl (C=O) groups is 1. The Morgan fingerprint density at radius 3 is 2.46 bits per heavy atom. The maximum Gasteiger partial charge on any atom is 0.335 e. The van der Waals surface area contributed by atoms with Crippen molar-refractivity contribution in [3.05, 3.63) is 113 Å². The normalized spacial score (nSPS) is 17.4. The minimum absolute atomic E-state index is 0.0798. The predicted molar refractivity (Wildman–Crippen MR) is 137 cm³/mol. The van der Waals surface area contributed by atoms with Crippen LogP contribution in [0, 0.1) is 13.8 Å². The Morgan fingerprint density at radius 2 is 1.80 bits per heavy atom. The molecule has 1 fully saturated rings. The fourth-order valence-electron chi connectivity index (χ4n) is 4.84. The summed E-state index contributed by atoms with van der Waals surface area (Å²) in [5, 5.41) is 13.5. The Labute approximate surface area is 209 Å². The molecule has 7 nitrogen and oxygen atoms in total. The van der Waals surface area contributed by atoms with E-state index in [1.165, 1.54) is 0 Å². The number of aryl methyl sites for hydroxylation is 1. The number of pyridine rings is 2. The quantitative estimate of drug-likeness (QED) is 0.383. The number of carboxylic acids is 1. The van der Waals surface area contributed by atoms with Gasteiger partial charge in [-0.2, -0.15) is 0 Å². The van der Waals surface area contributed by atoms with Gasteiger partial charge in [-0.1, -0.05) is 6.07 Å². The molecule has 1 aliphatic rings. The van der Waals surface area contributed by atoms with Crippen LogP contribution in [0.5, 0.6) is 0 Å². The average molecular weight is 484 g/mol. The molecular weight excluding hydrogens is 458 g/mol. The second-order valence-electron chi connectivity index (χ2n) is 8.62. The van der Waals surface area contributed by atoms with Crippen LogP contribution < -0.4 is 5.32 Å². The molecule has 0 unspecified atom stereocenters. The van der Waals surface area contributed by atoms with Crippen molar-refractivity contribution < 1.29 is 9.90 Å². The minimum atomic E-state index is -0.936. The van der Waals surface area contributed by atoms with E-state index in [1.807, 2.05) is 42.5 Å². The van der Waals surface area contributed by atoms with E-state index >= 15 is 0 Å². The van der Waals surface area contributed by atoms with Crippen molar-refractivity contribution in [1.82, 2.24) is 24.8 Å². The SMILES string of the molecule is Cc1cc([C@H]2[C@@H](c3ccccn3)NC(=S)N2Cc2ccncc2)c(C)n1-c1ccc(C(=O)O)cc1. The van der Waals surface area contributed by atoms with Gasteiger partial charge >= 0.3 is 5.97 Å². The summed E-state index contributed by atoms with van der Waals surface area (Å²) in [5.74, 6) is -0.936. The molecular formula is C27H25N5O2S. The highest BCUT2D eigenvalue weighted by atomic mass is 32.1. The van der Waals surface area contributed by atoms with Gasteiger partial charge in [0.25, 0.3) is 0 Å². The number of nitrogens with zero attached hydrogens (tertiary/aromatic N) is 4. The van der Waals surface area contributed by atoms with E-state index in [4.69, 9.17) is 12.2 Å². The molecule has 4 heterocycles. The molecule has 35 heavy (non-hydrogen) atoms. The molecule has 8 heteroatoms. The molecule has 0 spiro atoms. The molecule has 2 atom stereocenters. The maximum absolute atomic E-state index is 11.3. The van der Waals surface area contributed by atoms with E-state index in [-0.39, 0.29) is 17.6 Å². The van der Waals surface area contributed by atoms with Crippen LogP contribution in [0.4, 0.5) is 0 Å². The van der Waals surface area contributed by atoms with Crippen molar-refractivity contribution in [2.45, 2.75) is 32.5 Å².